The average molecular weight is 497 g/mol. The lowest BCUT2D eigenvalue weighted by molar-refractivity contribution is -0.118. The van der Waals surface area contributed by atoms with Gasteiger partial charge in [0, 0.05) is 43.5 Å². The number of benzene rings is 2. The van der Waals surface area contributed by atoms with Gasteiger partial charge in [0.2, 0.25) is 5.91 Å². The molecule has 7 nitrogen and oxygen atoms in total. The van der Waals surface area contributed by atoms with Gasteiger partial charge in [-0.1, -0.05) is 18.2 Å². The Morgan fingerprint density at radius 3 is 2.54 bits per heavy atom. The second kappa shape index (κ2) is 11.0. The molecular formula is C27H36N4O3S. The minimum absolute atomic E-state index is 0.0101. The van der Waals surface area contributed by atoms with Gasteiger partial charge in [-0.15, -0.1) is 11.3 Å². The summed E-state index contributed by atoms with van der Waals surface area (Å²) in [5.41, 5.74) is 3.98. The number of thiazole rings is 1. The highest BCUT2D eigenvalue weighted by Gasteiger charge is 2.31. The maximum atomic E-state index is 12.7. The molecule has 1 aromatic heterocycles. The number of aliphatic hydroxyl groups excluding tert-OH is 1. The number of β-amino-alcohol motifs (C(OH)–C–C–N with tert-alkyl or cyclic N) is 1. The van der Waals surface area contributed by atoms with Crippen LogP contribution in [0.25, 0.3) is 10.2 Å². The highest BCUT2D eigenvalue weighted by molar-refractivity contribution is 7.18. The zero-order valence-electron chi connectivity index (χ0n) is 21.2. The van der Waals surface area contributed by atoms with E-state index in [9.17, 15) is 9.90 Å². The van der Waals surface area contributed by atoms with Crippen molar-refractivity contribution in [2.45, 2.75) is 52.8 Å². The Morgan fingerprint density at radius 1 is 1.17 bits per heavy atom. The second-order valence-corrected chi connectivity index (χ2v) is 11.0. The van der Waals surface area contributed by atoms with Crippen molar-refractivity contribution in [1.82, 2.24) is 14.8 Å². The summed E-state index contributed by atoms with van der Waals surface area (Å²) >= 11 is 1.66. The van der Waals surface area contributed by atoms with Crippen molar-refractivity contribution in [2.24, 2.45) is 0 Å². The summed E-state index contributed by atoms with van der Waals surface area (Å²) in [6, 6.07) is 12.3. The van der Waals surface area contributed by atoms with E-state index in [1.165, 1.54) is 0 Å². The zero-order chi connectivity index (χ0) is 25.1. The Labute approximate surface area is 211 Å². The number of carbonyl (C=O) groups excluding carboxylic acids is 1. The number of carbonyl (C=O) groups is 1. The number of rotatable bonds is 8. The predicted molar refractivity (Wildman–Crippen MR) is 142 cm³/mol. The molecule has 0 saturated carbocycles. The van der Waals surface area contributed by atoms with Gasteiger partial charge < -0.3 is 15.2 Å². The monoisotopic (exact) mass is 496 g/mol. The minimum atomic E-state index is -0.605. The quantitative estimate of drug-likeness (QED) is 0.491. The number of ether oxygens (including phenoxy) is 1. The van der Waals surface area contributed by atoms with Crippen LogP contribution in [0.4, 0.5) is 5.69 Å². The molecule has 8 heteroatoms. The van der Waals surface area contributed by atoms with Gasteiger partial charge in [-0.05, 0) is 57.9 Å². The van der Waals surface area contributed by atoms with Gasteiger partial charge in [-0.2, -0.15) is 0 Å². The third kappa shape index (κ3) is 6.38. The number of aliphatic hydroxyl groups is 1. The first-order valence-electron chi connectivity index (χ1n) is 12.2. The molecule has 2 aromatic carbocycles. The largest absolute Gasteiger partial charge is 0.491 e. The van der Waals surface area contributed by atoms with Crippen molar-refractivity contribution >= 4 is 33.1 Å². The first-order valence-corrected chi connectivity index (χ1v) is 13.0. The summed E-state index contributed by atoms with van der Waals surface area (Å²) < 4.78 is 7.01. The van der Waals surface area contributed by atoms with Crippen LogP contribution in [0.2, 0.25) is 0 Å². The fourth-order valence-corrected chi connectivity index (χ4v) is 5.76. The second-order valence-electron chi connectivity index (χ2n) is 9.73. The number of nitrogens with zero attached hydrogens (tertiary/aromatic N) is 3. The highest BCUT2D eigenvalue weighted by atomic mass is 32.1. The van der Waals surface area contributed by atoms with E-state index in [-0.39, 0.29) is 24.6 Å². The highest BCUT2D eigenvalue weighted by Crippen LogP contribution is 2.26. The fourth-order valence-electron chi connectivity index (χ4n) is 4.95. The molecule has 0 aliphatic carbocycles. The number of hydrogen-bond donors (Lipinski definition) is 2. The molecular weight excluding hydrogens is 460 g/mol. The minimum Gasteiger partial charge on any atom is -0.491 e. The lowest BCUT2D eigenvalue weighted by atomic mass is 10.1. The summed E-state index contributed by atoms with van der Waals surface area (Å²) in [5, 5.41) is 14.8. The number of aromatic nitrogens is 1. The van der Waals surface area contributed by atoms with Crippen LogP contribution >= 0.6 is 11.3 Å². The fraction of sp³-hybridized carbons (Fsp3) is 0.481. The molecule has 0 bridgehead atoms. The summed E-state index contributed by atoms with van der Waals surface area (Å²) in [6.45, 7) is 13.0. The van der Waals surface area contributed by atoms with Crippen LogP contribution in [-0.4, -0.2) is 76.8 Å². The molecule has 1 saturated heterocycles. The Kier molecular flexibility index (Phi) is 8.06. The number of aryl methyl sites for hydroxylation is 3. The van der Waals surface area contributed by atoms with E-state index in [2.05, 4.69) is 33.9 Å². The van der Waals surface area contributed by atoms with E-state index in [4.69, 9.17) is 4.74 Å². The normalized spacial score (nSPS) is 20.2. The van der Waals surface area contributed by atoms with Crippen LogP contribution in [0.15, 0.2) is 36.4 Å². The molecule has 188 valence electrons. The molecule has 1 fully saturated rings. The van der Waals surface area contributed by atoms with Crippen LogP contribution in [-0.2, 0) is 4.79 Å². The van der Waals surface area contributed by atoms with Gasteiger partial charge in [0.1, 0.15) is 18.5 Å². The Bertz CT molecular complexity index is 1150. The lowest BCUT2D eigenvalue weighted by Crippen LogP contribution is -2.59. The van der Waals surface area contributed by atoms with Crippen molar-refractivity contribution in [3.63, 3.8) is 0 Å². The van der Waals surface area contributed by atoms with E-state index < -0.39 is 6.10 Å². The molecule has 2 N–H and O–H groups in total. The number of para-hydroxylation sites is 1. The number of piperazine rings is 1. The molecule has 1 aliphatic rings. The van der Waals surface area contributed by atoms with E-state index in [0.717, 1.165) is 50.9 Å². The number of anilines is 1. The molecule has 0 radical (unpaired) electrons. The summed E-state index contributed by atoms with van der Waals surface area (Å²) in [7, 11) is 0. The van der Waals surface area contributed by atoms with Crippen LogP contribution in [0, 0.1) is 20.8 Å². The third-order valence-electron chi connectivity index (χ3n) is 6.62. The number of hydrogen-bond acceptors (Lipinski definition) is 7. The van der Waals surface area contributed by atoms with E-state index in [0.29, 0.717) is 13.1 Å². The van der Waals surface area contributed by atoms with Crippen LogP contribution in [0.1, 0.15) is 30.0 Å². The summed E-state index contributed by atoms with van der Waals surface area (Å²) in [6.07, 6.45) is -0.605. The zero-order valence-corrected chi connectivity index (χ0v) is 22.1. The van der Waals surface area contributed by atoms with Gasteiger partial charge in [-0.3, -0.25) is 14.6 Å². The number of amides is 1. The van der Waals surface area contributed by atoms with Crippen molar-refractivity contribution < 1.29 is 14.6 Å². The van der Waals surface area contributed by atoms with Crippen molar-refractivity contribution in [3.8, 4) is 5.75 Å². The number of nitrogens with one attached hydrogen (secondary N) is 1. The first kappa shape index (κ1) is 25.6. The molecule has 1 aliphatic heterocycles. The first-order chi connectivity index (χ1) is 16.7. The Morgan fingerprint density at radius 2 is 1.86 bits per heavy atom. The smallest absolute Gasteiger partial charge is 0.238 e. The lowest BCUT2D eigenvalue weighted by Gasteiger charge is -2.45. The molecule has 3 atom stereocenters. The summed E-state index contributed by atoms with van der Waals surface area (Å²) in [4.78, 5) is 21.7. The van der Waals surface area contributed by atoms with Gasteiger partial charge in [0.15, 0.2) is 0 Å². The third-order valence-corrected chi connectivity index (χ3v) is 7.57. The van der Waals surface area contributed by atoms with Gasteiger partial charge >= 0.3 is 0 Å². The van der Waals surface area contributed by atoms with Crippen LogP contribution in [0.5, 0.6) is 5.75 Å². The van der Waals surface area contributed by atoms with Gasteiger partial charge in [0.25, 0.3) is 0 Å². The van der Waals surface area contributed by atoms with Crippen LogP contribution in [0.3, 0.4) is 0 Å². The Balaban J connectivity index is 1.26. The number of fused-ring (bicyclic) bond motifs is 1. The maximum Gasteiger partial charge on any atom is 0.238 e. The predicted octanol–water partition coefficient (Wildman–Crippen LogP) is 3.99. The van der Waals surface area contributed by atoms with Crippen LogP contribution < -0.4 is 10.1 Å². The average Bonchev–Trinajstić information content (AvgIpc) is 3.16. The van der Waals surface area contributed by atoms with E-state index in [1.807, 2.05) is 57.2 Å². The maximum absolute atomic E-state index is 12.7. The van der Waals surface area contributed by atoms with Crippen molar-refractivity contribution in [2.75, 3.05) is 38.1 Å². The molecule has 2 heterocycles. The topological polar surface area (TPSA) is 77.9 Å². The molecule has 1 amide bonds. The van der Waals surface area contributed by atoms with E-state index >= 15 is 0 Å². The molecule has 2 unspecified atom stereocenters. The molecule has 3 aromatic rings. The Hall–Kier alpha value is -2.52. The van der Waals surface area contributed by atoms with Crippen molar-refractivity contribution in [3.05, 3.63) is 52.5 Å². The van der Waals surface area contributed by atoms with Crippen molar-refractivity contribution in [1.29, 1.82) is 0 Å². The SMILES string of the molecule is Cc1nc2cc(OC[C@H](O)CN3C(C)CN(CC(=O)Nc4c(C)cccc4C)CC3C)ccc2s1. The summed E-state index contributed by atoms with van der Waals surface area (Å²) in [5.74, 6) is 0.735. The molecule has 35 heavy (non-hydrogen) atoms. The molecule has 4 rings (SSSR count). The molecule has 0 spiro atoms. The van der Waals surface area contributed by atoms with E-state index in [1.54, 1.807) is 11.3 Å². The standard InChI is InChI=1S/C27H36N4O3S/c1-17-7-6-8-18(2)27(17)29-26(33)15-30-12-19(3)31(20(4)13-30)14-22(32)16-34-23-9-10-25-24(11-23)28-21(5)35-25/h6-11,19-20,22,32H,12-16H2,1-5H3,(H,29,33)/t19?,20?,22-/m1/s1. The van der Waals surface area contributed by atoms with Gasteiger partial charge in [-0.25, -0.2) is 4.98 Å². The van der Waals surface area contributed by atoms with Gasteiger partial charge in [0.05, 0.1) is 21.8 Å².